The molecule has 5 rings (SSSR count). The molecule has 5 nitrogen and oxygen atoms in total. The summed E-state index contributed by atoms with van der Waals surface area (Å²) in [5.74, 6) is 4.40. The maximum atomic E-state index is 13.6. The molecule has 7 atom stereocenters. The van der Waals surface area contributed by atoms with Crippen molar-refractivity contribution in [1.82, 2.24) is 15.1 Å². The summed E-state index contributed by atoms with van der Waals surface area (Å²) in [6, 6.07) is 1.07. The number of piperidine rings is 1. The van der Waals surface area contributed by atoms with Crippen LogP contribution in [0.2, 0.25) is 0 Å². The topological polar surface area (TPSA) is 61.6 Å². The van der Waals surface area contributed by atoms with Crippen LogP contribution in [0.4, 0.5) is 0 Å². The fourth-order valence-corrected chi connectivity index (χ4v) is 8.38. The zero-order valence-electron chi connectivity index (χ0n) is 20.5. The summed E-state index contributed by atoms with van der Waals surface area (Å²) < 4.78 is 0. The zero-order valence-corrected chi connectivity index (χ0v) is 20.5. The zero-order chi connectivity index (χ0) is 22.1. The van der Waals surface area contributed by atoms with E-state index in [1.807, 2.05) is 0 Å². The molecule has 0 spiro atoms. The number of carbonyl (C=O) groups excluding carboxylic acids is 1. The first-order valence-electron chi connectivity index (χ1n) is 14.1. The van der Waals surface area contributed by atoms with E-state index in [9.17, 15) is 4.79 Å². The lowest BCUT2D eigenvalue weighted by molar-refractivity contribution is -0.127. The number of fused-ring (bicyclic) bond motifs is 2. The van der Waals surface area contributed by atoms with Gasteiger partial charge < -0.3 is 16.0 Å². The second-order valence-corrected chi connectivity index (χ2v) is 12.2. The fraction of sp³-hybridized carbons (Fsp3) is 0.963. The Morgan fingerprint density at radius 2 is 1.69 bits per heavy atom. The average molecular weight is 445 g/mol. The van der Waals surface area contributed by atoms with Crippen molar-refractivity contribution in [3.05, 3.63) is 0 Å². The number of nitrogens with two attached hydrogens (primary N) is 1. The summed E-state index contributed by atoms with van der Waals surface area (Å²) in [7, 11) is 2.19. The van der Waals surface area contributed by atoms with E-state index in [1.165, 1.54) is 70.8 Å². The molecular formula is C27H48N4O. The van der Waals surface area contributed by atoms with Crippen molar-refractivity contribution in [3.63, 3.8) is 0 Å². The lowest BCUT2D eigenvalue weighted by Crippen LogP contribution is -2.53. The Morgan fingerprint density at radius 3 is 2.50 bits per heavy atom. The Balaban J connectivity index is 1.30. The van der Waals surface area contributed by atoms with Crippen LogP contribution in [0.1, 0.15) is 83.5 Å². The molecule has 3 aliphatic carbocycles. The molecule has 0 aromatic rings. The molecule has 5 fully saturated rings. The smallest absolute Gasteiger partial charge is 0.237 e. The van der Waals surface area contributed by atoms with E-state index < -0.39 is 0 Å². The van der Waals surface area contributed by atoms with Crippen molar-refractivity contribution in [2.24, 2.45) is 35.3 Å². The van der Waals surface area contributed by atoms with Crippen molar-refractivity contribution < 1.29 is 4.79 Å². The van der Waals surface area contributed by atoms with E-state index in [0.717, 1.165) is 56.7 Å². The van der Waals surface area contributed by atoms with Gasteiger partial charge in [0.15, 0.2) is 0 Å². The van der Waals surface area contributed by atoms with Gasteiger partial charge in [-0.15, -0.1) is 0 Å². The molecule has 0 bridgehead atoms. The molecule has 2 saturated heterocycles. The number of likely N-dealkylation sites (tertiary alicyclic amines) is 2. The third kappa shape index (κ3) is 4.90. The molecule has 7 unspecified atom stereocenters. The van der Waals surface area contributed by atoms with E-state index in [-0.39, 0.29) is 6.04 Å². The molecular weight excluding hydrogens is 396 g/mol. The lowest BCUT2D eigenvalue weighted by atomic mass is 9.65. The molecule has 2 heterocycles. The van der Waals surface area contributed by atoms with Gasteiger partial charge in [0, 0.05) is 18.6 Å². The summed E-state index contributed by atoms with van der Waals surface area (Å²) in [4.78, 5) is 18.8. The number of carbonyl (C=O) groups is 1. The lowest BCUT2D eigenvalue weighted by Gasteiger charge is -2.45. The molecule has 182 valence electrons. The summed E-state index contributed by atoms with van der Waals surface area (Å²) in [6.07, 6.45) is 17.1. The normalized spacial score (nSPS) is 41.8. The first-order chi connectivity index (χ1) is 15.6. The largest absolute Gasteiger partial charge is 0.352 e. The van der Waals surface area contributed by atoms with E-state index in [1.54, 1.807) is 0 Å². The SMILES string of the molecule is CN1CCC(NC(=O)C2CC3CCC(CN)CC3N2CC2CCCC3CCCCC32)CC1. The third-order valence-corrected chi connectivity index (χ3v) is 10.3. The fourth-order valence-electron chi connectivity index (χ4n) is 8.38. The minimum Gasteiger partial charge on any atom is -0.352 e. The van der Waals surface area contributed by atoms with Gasteiger partial charge in [0.1, 0.15) is 0 Å². The molecule has 2 aliphatic heterocycles. The van der Waals surface area contributed by atoms with Crippen LogP contribution in [-0.2, 0) is 4.79 Å². The van der Waals surface area contributed by atoms with Crippen molar-refractivity contribution in [2.75, 3.05) is 33.2 Å². The number of rotatable bonds is 5. The predicted molar refractivity (Wildman–Crippen MR) is 130 cm³/mol. The van der Waals surface area contributed by atoms with Gasteiger partial charge in [-0.1, -0.05) is 32.1 Å². The first kappa shape index (κ1) is 23.1. The number of nitrogens with zero attached hydrogens (tertiary/aromatic N) is 2. The Labute approximate surface area is 196 Å². The standard InChI is InChI=1S/C27H48N4O/c1-30-13-11-23(12-14-30)29-27(32)26-16-21-10-9-19(17-28)15-25(21)31(26)18-22-7-4-6-20-5-2-3-8-24(20)22/h19-26H,2-18,28H2,1H3,(H,29,32). The molecule has 1 amide bonds. The van der Waals surface area contributed by atoms with Crippen LogP contribution in [0.15, 0.2) is 0 Å². The van der Waals surface area contributed by atoms with Crippen LogP contribution in [0.25, 0.3) is 0 Å². The minimum atomic E-state index is 0.102. The highest BCUT2D eigenvalue weighted by Gasteiger charge is 2.48. The van der Waals surface area contributed by atoms with Gasteiger partial charge in [0.25, 0.3) is 0 Å². The van der Waals surface area contributed by atoms with Crippen LogP contribution in [0.3, 0.4) is 0 Å². The second-order valence-electron chi connectivity index (χ2n) is 12.2. The van der Waals surface area contributed by atoms with Gasteiger partial charge in [-0.05, 0) is 108 Å². The van der Waals surface area contributed by atoms with Crippen LogP contribution in [0.5, 0.6) is 0 Å². The Morgan fingerprint density at radius 1 is 0.906 bits per heavy atom. The van der Waals surface area contributed by atoms with Crippen LogP contribution < -0.4 is 11.1 Å². The highest BCUT2D eigenvalue weighted by molar-refractivity contribution is 5.82. The molecule has 5 heteroatoms. The van der Waals surface area contributed by atoms with Gasteiger partial charge in [-0.2, -0.15) is 0 Å². The highest BCUT2D eigenvalue weighted by atomic mass is 16.2. The minimum absolute atomic E-state index is 0.102. The monoisotopic (exact) mass is 444 g/mol. The second kappa shape index (κ2) is 10.3. The first-order valence-corrected chi connectivity index (χ1v) is 14.1. The van der Waals surface area contributed by atoms with Gasteiger partial charge in [-0.25, -0.2) is 0 Å². The van der Waals surface area contributed by atoms with E-state index in [2.05, 4.69) is 22.2 Å². The van der Waals surface area contributed by atoms with Crippen LogP contribution >= 0.6 is 0 Å². The molecule has 5 aliphatic rings. The molecule has 0 radical (unpaired) electrons. The number of nitrogens with one attached hydrogen (secondary N) is 1. The van der Waals surface area contributed by atoms with Crippen molar-refractivity contribution >= 4 is 5.91 Å². The summed E-state index contributed by atoms with van der Waals surface area (Å²) in [6.45, 7) is 4.20. The van der Waals surface area contributed by atoms with Crippen molar-refractivity contribution in [1.29, 1.82) is 0 Å². The van der Waals surface area contributed by atoms with Crippen LogP contribution in [0, 0.1) is 29.6 Å². The predicted octanol–water partition coefficient (Wildman–Crippen LogP) is 3.62. The van der Waals surface area contributed by atoms with Crippen molar-refractivity contribution in [2.45, 2.75) is 102 Å². The Hall–Kier alpha value is -0.650. The van der Waals surface area contributed by atoms with Crippen molar-refractivity contribution in [3.8, 4) is 0 Å². The van der Waals surface area contributed by atoms with E-state index in [0.29, 0.717) is 29.8 Å². The van der Waals surface area contributed by atoms with Crippen LogP contribution in [-0.4, -0.2) is 67.1 Å². The number of hydrogen-bond donors (Lipinski definition) is 2. The molecule has 0 aromatic carbocycles. The van der Waals surface area contributed by atoms with E-state index in [4.69, 9.17) is 5.73 Å². The summed E-state index contributed by atoms with van der Waals surface area (Å²) >= 11 is 0. The quantitative estimate of drug-likeness (QED) is 0.680. The van der Waals surface area contributed by atoms with E-state index >= 15 is 0 Å². The maximum Gasteiger partial charge on any atom is 0.237 e. The Bertz CT molecular complexity index is 631. The highest BCUT2D eigenvalue weighted by Crippen LogP contribution is 2.47. The van der Waals surface area contributed by atoms with Gasteiger partial charge in [0.05, 0.1) is 6.04 Å². The van der Waals surface area contributed by atoms with Gasteiger partial charge in [-0.3, -0.25) is 9.69 Å². The third-order valence-electron chi connectivity index (χ3n) is 10.3. The summed E-state index contributed by atoms with van der Waals surface area (Å²) in [5.41, 5.74) is 6.13. The molecule has 3 saturated carbocycles. The number of hydrogen-bond acceptors (Lipinski definition) is 4. The van der Waals surface area contributed by atoms with Gasteiger partial charge in [0.2, 0.25) is 5.91 Å². The Kier molecular flexibility index (Phi) is 7.45. The molecule has 3 N–H and O–H groups in total. The molecule has 0 aromatic heterocycles. The van der Waals surface area contributed by atoms with Gasteiger partial charge >= 0.3 is 0 Å². The molecule has 32 heavy (non-hydrogen) atoms. The number of amides is 1. The average Bonchev–Trinajstić information content (AvgIpc) is 3.18. The maximum absolute atomic E-state index is 13.6. The summed E-state index contributed by atoms with van der Waals surface area (Å²) in [5, 5.41) is 3.51.